The van der Waals surface area contributed by atoms with Gasteiger partial charge in [-0.1, -0.05) is 6.92 Å². The molecule has 0 amide bonds. The van der Waals surface area contributed by atoms with E-state index < -0.39 is 0 Å². The second-order valence-corrected chi connectivity index (χ2v) is 7.32. The Kier molecular flexibility index (Phi) is 5.51. The summed E-state index contributed by atoms with van der Waals surface area (Å²) in [6, 6.07) is 0. The first-order valence-electron chi connectivity index (χ1n) is 6.71. The minimum atomic E-state index is 0.734. The third kappa shape index (κ3) is 4.11. The molecule has 1 aliphatic rings. The van der Waals surface area contributed by atoms with Crippen LogP contribution in [0.2, 0.25) is 0 Å². The van der Waals surface area contributed by atoms with Crippen molar-refractivity contribution >= 4 is 29.1 Å². The van der Waals surface area contributed by atoms with Crippen molar-refractivity contribution in [3.05, 3.63) is 16.1 Å². The average Bonchev–Trinajstić information content (AvgIpc) is 2.85. The highest BCUT2D eigenvalue weighted by Gasteiger charge is 2.21. The van der Waals surface area contributed by atoms with Gasteiger partial charge in [0.05, 0.1) is 11.6 Å². The van der Waals surface area contributed by atoms with Gasteiger partial charge in [-0.25, -0.2) is 4.98 Å². The van der Waals surface area contributed by atoms with Gasteiger partial charge in [-0.2, -0.15) is 11.8 Å². The number of nitrogens with one attached hydrogen (secondary N) is 1. The van der Waals surface area contributed by atoms with Crippen molar-refractivity contribution in [3.63, 3.8) is 0 Å². The van der Waals surface area contributed by atoms with E-state index in [2.05, 4.69) is 38.9 Å². The number of guanidine groups is 1. The van der Waals surface area contributed by atoms with Crippen LogP contribution in [0, 0.1) is 6.92 Å². The van der Waals surface area contributed by atoms with Gasteiger partial charge in [0.15, 0.2) is 5.96 Å². The zero-order valence-electron chi connectivity index (χ0n) is 11.8. The molecule has 2 rings (SSSR count). The van der Waals surface area contributed by atoms with Crippen LogP contribution in [0.5, 0.6) is 0 Å². The largest absolute Gasteiger partial charge is 0.351 e. The fraction of sp³-hybridized carbons (Fsp3) is 0.692. The molecule has 0 aromatic carbocycles. The Bertz CT molecular complexity index is 430. The maximum absolute atomic E-state index is 4.41. The first-order chi connectivity index (χ1) is 9.22. The predicted octanol–water partition coefficient (Wildman–Crippen LogP) is 2.35. The number of aromatic nitrogens is 1. The number of hydrogen-bond acceptors (Lipinski definition) is 4. The highest BCUT2D eigenvalue weighted by Crippen LogP contribution is 2.21. The lowest BCUT2D eigenvalue weighted by atomic mass is 10.3. The van der Waals surface area contributed by atoms with Crippen LogP contribution in [0.4, 0.5) is 0 Å². The fourth-order valence-electron chi connectivity index (χ4n) is 2.14. The zero-order valence-corrected chi connectivity index (χ0v) is 13.5. The Labute approximate surface area is 123 Å². The number of hydrogen-bond donors (Lipinski definition) is 1. The smallest absolute Gasteiger partial charge is 0.194 e. The molecule has 2 heterocycles. The summed E-state index contributed by atoms with van der Waals surface area (Å²) in [6.45, 7) is 7.30. The van der Waals surface area contributed by atoms with Crippen LogP contribution in [0.15, 0.2) is 11.2 Å². The summed E-state index contributed by atoms with van der Waals surface area (Å²) in [4.78, 5) is 12.3. The molecule has 6 heteroatoms. The van der Waals surface area contributed by atoms with Crippen LogP contribution in [-0.4, -0.2) is 47.0 Å². The van der Waals surface area contributed by atoms with Crippen LogP contribution >= 0.6 is 23.1 Å². The summed E-state index contributed by atoms with van der Waals surface area (Å²) in [7, 11) is 1.86. The topological polar surface area (TPSA) is 40.5 Å². The van der Waals surface area contributed by atoms with Gasteiger partial charge in [-0.15, -0.1) is 11.3 Å². The van der Waals surface area contributed by atoms with E-state index in [0.717, 1.165) is 35.9 Å². The molecule has 1 aromatic rings. The Morgan fingerprint density at radius 1 is 1.63 bits per heavy atom. The van der Waals surface area contributed by atoms with E-state index in [1.807, 2.05) is 20.2 Å². The van der Waals surface area contributed by atoms with Crippen molar-refractivity contribution in [2.75, 3.05) is 25.9 Å². The van der Waals surface area contributed by atoms with Crippen molar-refractivity contribution in [2.24, 2.45) is 4.99 Å². The molecule has 1 fully saturated rings. The van der Waals surface area contributed by atoms with Crippen molar-refractivity contribution in [1.82, 2.24) is 15.2 Å². The van der Waals surface area contributed by atoms with Gasteiger partial charge in [0.25, 0.3) is 0 Å². The van der Waals surface area contributed by atoms with Gasteiger partial charge in [0.1, 0.15) is 0 Å². The number of thiazole rings is 1. The van der Waals surface area contributed by atoms with Gasteiger partial charge >= 0.3 is 0 Å². The lowest BCUT2D eigenvalue weighted by Crippen LogP contribution is -2.47. The first-order valence-corrected chi connectivity index (χ1v) is 8.58. The molecule has 0 bridgehead atoms. The van der Waals surface area contributed by atoms with Gasteiger partial charge in [-0.05, 0) is 13.3 Å². The minimum absolute atomic E-state index is 0.734. The van der Waals surface area contributed by atoms with E-state index in [0.29, 0.717) is 0 Å². The molecule has 0 spiro atoms. The van der Waals surface area contributed by atoms with E-state index >= 15 is 0 Å². The summed E-state index contributed by atoms with van der Waals surface area (Å²) in [5, 5.41) is 5.30. The fourth-order valence-corrected chi connectivity index (χ4v) is 4.06. The first kappa shape index (κ1) is 14.7. The van der Waals surface area contributed by atoms with Crippen LogP contribution < -0.4 is 5.32 Å². The number of nitrogens with zero attached hydrogens (tertiary/aromatic N) is 3. The van der Waals surface area contributed by atoms with Crippen molar-refractivity contribution in [2.45, 2.75) is 32.1 Å². The number of aliphatic imine (C=N–C) groups is 1. The SMILES string of the molecule is CCC1CN(C(=NC)NCc2cnc(C)s2)CCS1. The molecule has 1 unspecified atom stereocenters. The van der Waals surface area contributed by atoms with E-state index in [9.17, 15) is 0 Å². The Morgan fingerprint density at radius 2 is 2.47 bits per heavy atom. The Hall–Kier alpha value is -0.750. The highest BCUT2D eigenvalue weighted by molar-refractivity contribution is 8.00. The van der Waals surface area contributed by atoms with Crippen molar-refractivity contribution in [1.29, 1.82) is 0 Å². The van der Waals surface area contributed by atoms with Crippen LogP contribution in [0.1, 0.15) is 23.2 Å². The monoisotopic (exact) mass is 298 g/mol. The molecular weight excluding hydrogens is 276 g/mol. The Morgan fingerprint density at radius 3 is 3.11 bits per heavy atom. The number of aryl methyl sites for hydroxylation is 1. The minimum Gasteiger partial charge on any atom is -0.351 e. The molecule has 1 saturated heterocycles. The molecule has 1 aliphatic heterocycles. The molecule has 0 saturated carbocycles. The van der Waals surface area contributed by atoms with Gasteiger partial charge in [-0.3, -0.25) is 4.99 Å². The van der Waals surface area contributed by atoms with E-state index in [-0.39, 0.29) is 0 Å². The number of thioether (sulfide) groups is 1. The number of rotatable bonds is 3. The van der Waals surface area contributed by atoms with Crippen molar-refractivity contribution < 1.29 is 0 Å². The molecular formula is C13H22N4S2. The van der Waals surface area contributed by atoms with Crippen LogP contribution in [0.3, 0.4) is 0 Å². The molecule has 19 heavy (non-hydrogen) atoms. The Balaban J connectivity index is 1.89. The molecule has 1 aromatic heterocycles. The molecule has 106 valence electrons. The molecule has 4 nitrogen and oxygen atoms in total. The average molecular weight is 298 g/mol. The quantitative estimate of drug-likeness (QED) is 0.687. The van der Waals surface area contributed by atoms with Gasteiger partial charge in [0, 0.05) is 42.2 Å². The van der Waals surface area contributed by atoms with E-state index in [1.54, 1.807) is 11.3 Å². The van der Waals surface area contributed by atoms with E-state index in [4.69, 9.17) is 0 Å². The maximum Gasteiger partial charge on any atom is 0.194 e. The lowest BCUT2D eigenvalue weighted by molar-refractivity contribution is 0.408. The van der Waals surface area contributed by atoms with E-state index in [1.165, 1.54) is 17.1 Å². The van der Waals surface area contributed by atoms with Gasteiger partial charge in [0.2, 0.25) is 0 Å². The molecule has 0 radical (unpaired) electrons. The lowest BCUT2D eigenvalue weighted by Gasteiger charge is -2.34. The second kappa shape index (κ2) is 7.14. The zero-order chi connectivity index (χ0) is 13.7. The summed E-state index contributed by atoms with van der Waals surface area (Å²) in [5.41, 5.74) is 0. The third-order valence-corrected chi connectivity index (χ3v) is 5.48. The normalized spacial score (nSPS) is 20.7. The summed E-state index contributed by atoms with van der Waals surface area (Å²) >= 11 is 3.82. The van der Waals surface area contributed by atoms with Gasteiger partial charge < -0.3 is 10.2 Å². The highest BCUT2D eigenvalue weighted by atomic mass is 32.2. The maximum atomic E-state index is 4.41. The second-order valence-electron chi connectivity index (χ2n) is 4.59. The van der Waals surface area contributed by atoms with Crippen molar-refractivity contribution in [3.8, 4) is 0 Å². The molecule has 1 N–H and O–H groups in total. The predicted molar refractivity (Wildman–Crippen MR) is 85.2 cm³/mol. The third-order valence-electron chi connectivity index (χ3n) is 3.20. The molecule has 0 aliphatic carbocycles. The molecule has 1 atom stereocenters. The summed E-state index contributed by atoms with van der Waals surface area (Å²) in [6.07, 6.45) is 3.17. The van der Waals surface area contributed by atoms with Crippen LogP contribution in [0.25, 0.3) is 0 Å². The van der Waals surface area contributed by atoms with Crippen LogP contribution in [-0.2, 0) is 6.54 Å². The summed E-state index contributed by atoms with van der Waals surface area (Å²) in [5.74, 6) is 2.21. The summed E-state index contributed by atoms with van der Waals surface area (Å²) < 4.78 is 0. The standard InChI is InChI=1S/C13H22N4S2/c1-4-11-9-17(5-6-18-11)13(14-3)16-8-12-7-15-10(2)19-12/h7,11H,4-6,8-9H2,1-3H3,(H,14,16).